The van der Waals surface area contributed by atoms with Crippen LogP contribution < -0.4 is 0 Å². The molecule has 1 heterocycles. The number of para-hydroxylation sites is 2. The summed E-state index contributed by atoms with van der Waals surface area (Å²) in [7, 11) is 0. The highest BCUT2D eigenvalue weighted by Crippen LogP contribution is 2.27. The molecule has 0 amide bonds. The molecule has 0 fully saturated rings. The van der Waals surface area contributed by atoms with Gasteiger partial charge in [-0.25, -0.2) is 9.97 Å². The highest BCUT2D eigenvalue weighted by atomic mass is 16.3. The van der Waals surface area contributed by atoms with Crippen LogP contribution in [0.25, 0.3) is 22.3 Å². The Hall–Kier alpha value is -2.26. The summed E-state index contributed by atoms with van der Waals surface area (Å²) < 4.78 is 0. The SMILES string of the molecule is Cc1cccc(-c2nc3ccccc3nc2C(C)O)c1. The van der Waals surface area contributed by atoms with Gasteiger partial charge < -0.3 is 5.11 Å². The molecule has 3 nitrogen and oxygen atoms in total. The Bertz CT molecular complexity index is 766. The van der Waals surface area contributed by atoms with Crippen molar-refractivity contribution in [2.24, 2.45) is 0 Å². The van der Waals surface area contributed by atoms with Crippen molar-refractivity contribution in [3.05, 3.63) is 59.8 Å². The topological polar surface area (TPSA) is 46.0 Å². The van der Waals surface area contributed by atoms with Gasteiger partial charge >= 0.3 is 0 Å². The van der Waals surface area contributed by atoms with E-state index in [4.69, 9.17) is 0 Å². The molecule has 1 N–H and O–H groups in total. The van der Waals surface area contributed by atoms with Crippen LogP contribution in [-0.4, -0.2) is 15.1 Å². The zero-order chi connectivity index (χ0) is 14.1. The Morgan fingerprint density at radius 2 is 1.65 bits per heavy atom. The van der Waals surface area contributed by atoms with Gasteiger partial charge in [-0.15, -0.1) is 0 Å². The van der Waals surface area contributed by atoms with E-state index in [0.29, 0.717) is 5.69 Å². The van der Waals surface area contributed by atoms with Gasteiger partial charge in [-0.05, 0) is 32.0 Å². The largest absolute Gasteiger partial charge is 0.387 e. The summed E-state index contributed by atoms with van der Waals surface area (Å²) in [5, 5.41) is 9.99. The minimum atomic E-state index is -0.650. The van der Waals surface area contributed by atoms with Gasteiger partial charge in [-0.1, -0.05) is 35.9 Å². The zero-order valence-electron chi connectivity index (χ0n) is 11.5. The van der Waals surface area contributed by atoms with Gasteiger partial charge in [0.1, 0.15) is 0 Å². The number of aliphatic hydroxyl groups excluding tert-OH is 1. The minimum Gasteiger partial charge on any atom is -0.387 e. The van der Waals surface area contributed by atoms with Crippen LogP contribution >= 0.6 is 0 Å². The van der Waals surface area contributed by atoms with E-state index in [9.17, 15) is 5.11 Å². The second kappa shape index (κ2) is 5.02. The van der Waals surface area contributed by atoms with Gasteiger partial charge in [-0.3, -0.25) is 0 Å². The molecule has 3 aromatic rings. The smallest absolute Gasteiger partial charge is 0.0956 e. The van der Waals surface area contributed by atoms with Crippen LogP contribution in [0.4, 0.5) is 0 Å². The summed E-state index contributed by atoms with van der Waals surface area (Å²) in [6, 6.07) is 15.8. The molecule has 2 aromatic carbocycles. The summed E-state index contributed by atoms with van der Waals surface area (Å²) in [6.07, 6.45) is -0.650. The van der Waals surface area contributed by atoms with Crippen molar-refractivity contribution in [1.82, 2.24) is 9.97 Å². The number of nitrogens with zero attached hydrogens (tertiary/aromatic N) is 2. The summed E-state index contributed by atoms with van der Waals surface area (Å²) in [6.45, 7) is 3.76. The molecular weight excluding hydrogens is 248 g/mol. The summed E-state index contributed by atoms with van der Waals surface area (Å²) in [5.41, 5.74) is 5.16. The predicted molar refractivity (Wildman–Crippen MR) is 80.3 cm³/mol. The van der Waals surface area contributed by atoms with E-state index < -0.39 is 6.10 Å². The van der Waals surface area contributed by atoms with Crippen LogP contribution in [0.15, 0.2) is 48.5 Å². The van der Waals surface area contributed by atoms with Crippen molar-refractivity contribution in [2.75, 3.05) is 0 Å². The third-order valence-electron chi connectivity index (χ3n) is 3.28. The number of aromatic nitrogens is 2. The standard InChI is InChI=1S/C17H16N2O/c1-11-6-5-7-13(10-11)17-16(12(2)20)18-14-8-3-4-9-15(14)19-17/h3-10,12,20H,1-2H3. The molecule has 1 aromatic heterocycles. The number of benzene rings is 2. The van der Waals surface area contributed by atoms with E-state index in [1.807, 2.05) is 49.4 Å². The molecule has 20 heavy (non-hydrogen) atoms. The molecule has 0 radical (unpaired) electrons. The Morgan fingerprint density at radius 3 is 2.30 bits per heavy atom. The fourth-order valence-corrected chi connectivity index (χ4v) is 2.31. The molecule has 0 aliphatic rings. The van der Waals surface area contributed by atoms with Gasteiger partial charge in [0, 0.05) is 5.56 Å². The normalized spacial score (nSPS) is 12.6. The lowest BCUT2D eigenvalue weighted by Gasteiger charge is -2.12. The second-order valence-electron chi connectivity index (χ2n) is 4.99. The molecule has 1 atom stereocenters. The maximum absolute atomic E-state index is 9.99. The van der Waals surface area contributed by atoms with Crippen LogP contribution in [-0.2, 0) is 0 Å². The summed E-state index contributed by atoms with van der Waals surface area (Å²) in [5.74, 6) is 0. The molecule has 0 bridgehead atoms. The fraction of sp³-hybridized carbons (Fsp3) is 0.176. The molecular formula is C17H16N2O. The number of hydrogen-bond donors (Lipinski definition) is 1. The minimum absolute atomic E-state index is 0.620. The summed E-state index contributed by atoms with van der Waals surface area (Å²) >= 11 is 0. The number of aryl methyl sites for hydroxylation is 1. The zero-order valence-corrected chi connectivity index (χ0v) is 11.5. The van der Waals surface area contributed by atoms with Gasteiger partial charge in [-0.2, -0.15) is 0 Å². The molecule has 3 rings (SSSR count). The Kier molecular flexibility index (Phi) is 3.20. The predicted octanol–water partition coefficient (Wildman–Crippen LogP) is 3.66. The number of fused-ring (bicyclic) bond motifs is 1. The van der Waals surface area contributed by atoms with E-state index in [1.54, 1.807) is 6.92 Å². The molecule has 0 aliphatic heterocycles. The van der Waals surface area contributed by atoms with Crippen LogP contribution in [0.1, 0.15) is 24.3 Å². The quantitative estimate of drug-likeness (QED) is 0.768. The lowest BCUT2D eigenvalue weighted by Crippen LogP contribution is -2.02. The highest BCUT2D eigenvalue weighted by molar-refractivity contribution is 5.78. The first-order valence-electron chi connectivity index (χ1n) is 6.67. The molecule has 0 saturated carbocycles. The van der Waals surface area contributed by atoms with Gasteiger partial charge in [0.2, 0.25) is 0 Å². The summed E-state index contributed by atoms with van der Waals surface area (Å²) in [4.78, 5) is 9.25. The van der Waals surface area contributed by atoms with Crippen molar-refractivity contribution >= 4 is 11.0 Å². The molecule has 100 valence electrons. The van der Waals surface area contributed by atoms with Crippen LogP contribution in [0.5, 0.6) is 0 Å². The molecule has 3 heteroatoms. The van der Waals surface area contributed by atoms with E-state index in [1.165, 1.54) is 0 Å². The molecule has 0 saturated heterocycles. The van der Waals surface area contributed by atoms with Crippen molar-refractivity contribution in [3.63, 3.8) is 0 Å². The van der Waals surface area contributed by atoms with Gasteiger partial charge in [0.05, 0.1) is 28.5 Å². The van der Waals surface area contributed by atoms with Crippen molar-refractivity contribution in [2.45, 2.75) is 20.0 Å². The fourth-order valence-electron chi connectivity index (χ4n) is 2.31. The first-order valence-corrected chi connectivity index (χ1v) is 6.67. The Labute approximate surface area is 117 Å². The molecule has 1 unspecified atom stereocenters. The van der Waals surface area contributed by atoms with Crippen LogP contribution in [0, 0.1) is 6.92 Å². The second-order valence-corrected chi connectivity index (χ2v) is 4.99. The van der Waals surface area contributed by atoms with E-state index >= 15 is 0 Å². The van der Waals surface area contributed by atoms with Gasteiger partial charge in [0.25, 0.3) is 0 Å². The third-order valence-corrected chi connectivity index (χ3v) is 3.28. The maximum Gasteiger partial charge on any atom is 0.0956 e. The number of aliphatic hydroxyl groups is 1. The van der Waals surface area contributed by atoms with Crippen molar-refractivity contribution in [1.29, 1.82) is 0 Å². The monoisotopic (exact) mass is 264 g/mol. The van der Waals surface area contributed by atoms with Gasteiger partial charge in [0.15, 0.2) is 0 Å². The molecule has 0 spiro atoms. The molecule has 0 aliphatic carbocycles. The number of rotatable bonds is 2. The Morgan fingerprint density at radius 1 is 0.950 bits per heavy atom. The lowest BCUT2D eigenvalue weighted by atomic mass is 10.0. The highest BCUT2D eigenvalue weighted by Gasteiger charge is 2.14. The van der Waals surface area contributed by atoms with Crippen molar-refractivity contribution in [3.8, 4) is 11.3 Å². The number of hydrogen-bond acceptors (Lipinski definition) is 3. The lowest BCUT2D eigenvalue weighted by molar-refractivity contribution is 0.195. The maximum atomic E-state index is 9.99. The van der Waals surface area contributed by atoms with Crippen LogP contribution in [0.2, 0.25) is 0 Å². The van der Waals surface area contributed by atoms with Crippen LogP contribution in [0.3, 0.4) is 0 Å². The van der Waals surface area contributed by atoms with E-state index in [0.717, 1.165) is 27.9 Å². The first-order chi connectivity index (χ1) is 9.65. The average molecular weight is 264 g/mol. The average Bonchev–Trinajstić information content (AvgIpc) is 2.46. The third kappa shape index (κ3) is 2.28. The van der Waals surface area contributed by atoms with Crippen molar-refractivity contribution < 1.29 is 5.11 Å². The van der Waals surface area contributed by atoms with E-state index in [-0.39, 0.29) is 0 Å². The first kappa shape index (κ1) is 12.8. The van der Waals surface area contributed by atoms with E-state index in [2.05, 4.69) is 16.0 Å². The Balaban J connectivity index is 2.29.